The Balaban J connectivity index is 1.78. The number of esters is 1. The minimum Gasteiger partial charge on any atom is -0.487 e. The number of pyridine rings is 1. The van der Waals surface area contributed by atoms with E-state index in [-0.39, 0.29) is 29.3 Å². The molecule has 8 nitrogen and oxygen atoms in total. The summed E-state index contributed by atoms with van der Waals surface area (Å²) in [6.45, 7) is 0.341. The first-order chi connectivity index (χ1) is 15.3. The second-order valence-corrected chi connectivity index (χ2v) is 6.67. The van der Waals surface area contributed by atoms with Gasteiger partial charge in [-0.2, -0.15) is 0 Å². The number of hydrogen-bond donors (Lipinski definition) is 0. The summed E-state index contributed by atoms with van der Waals surface area (Å²) in [5.74, 6) is -0.883. The van der Waals surface area contributed by atoms with Crippen molar-refractivity contribution >= 4 is 11.7 Å². The molecule has 0 aliphatic carbocycles. The van der Waals surface area contributed by atoms with E-state index in [1.54, 1.807) is 0 Å². The van der Waals surface area contributed by atoms with Crippen LogP contribution in [0.3, 0.4) is 0 Å². The Kier molecular flexibility index (Phi) is 7.87. The van der Waals surface area contributed by atoms with Gasteiger partial charge in [-0.15, -0.1) is 13.2 Å². The monoisotopic (exact) mass is 454 g/mol. The minimum absolute atomic E-state index is 0.109. The van der Waals surface area contributed by atoms with Crippen LogP contribution in [0.2, 0.25) is 0 Å². The van der Waals surface area contributed by atoms with E-state index in [0.29, 0.717) is 13.0 Å². The third-order valence-corrected chi connectivity index (χ3v) is 4.31. The van der Waals surface area contributed by atoms with Crippen LogP contribution in [0.4, 0.5) is 13.2 Å². The normalized spacial score (nSPS) is 16.9. The van der Waals surface area contributed by atoms with Crippen molar-refractivity contribution in [1.29, 1.82) is 0 Å². The highest BCUT2D eigenvalue weighted by molar-refractivity contribution is 6.01. The van der Waals surface area contributed by atoms with E-state index >= 15 is 0 Å². The maximum Gasteiger partial charge on any atom is 0.573 e. The Morgan fingerprint density at radius 1 is 1.22 bits per heavy atom. The molecule has 0 amide bonds. The van der Waals surface area contributed by atoms with Gasteiger partial charge in [-0.1, -0.05) is 11.2 Å². The molecular formula is C21H21F3N2O6. The van der Waals surface area contributed by atoms with Crippen molar-refractivity contribution in [2.24, 2.45) is 5.16 Å². The Hall–Kier alpha value is -3.34. The van der Waals surface area contributed by atoms with Crippen molar-refractivity contribution in [2.45, 2.75) is 31.9 Å². The zero-order chi connectivity index (χ0) is 23.0. The van der Waals surface area contributed by atoms with Crippen LogP contribution in [-0.2, 0) is 14.3 Å². The number of rotatable bonds is 8. The number of nitrogens with zero attached hydrogens (tertiary/aromatic N) is 2. The predicted molar refractivity (Wildman–Crippen MR) is 105 cm³/mol. The van der Waals surface area contributed by atoms with Crippen LogP contribution in [-0.4, -0.2) is 49.6 Å². The van der Waals surface area contributed by atoms with Gasteiger partial charge in [0.05, 0.1) is 25.0 Å². The van der Waals surface area contributed by atoms with Crippen molar-refractivity contribution in [2.75, 3.05) is 20.3 Å². The topological polar surface area (TPSA) is 88.5 Å². The first kappa shape index (κ1) is 23.3. The maximum atomic E-state index is 12.5. The highest BCUT2D eigenvalue weighted by atomic mass is 19.4. The lowest BCUT2D eigenvalue weighted by atomic mass is 10.2. The quantitative estimate of drug-likeness (QED) is 0.337. The molecule has 0 bridgehead atoms. The van der Waals surface area contributed by atoms with E-state index < -0.39 is 24.4 Å². The van der Waals surface area contributed by atoms with Gasteiger partial charge in [0.1, 0.15) is 23.8 Å². The first-order valence-corrected chi connectivity index (χ1v) is 9.72. The number of aromatic nitrogens is 1. The Morgan fingerprint density at radius 2 is 2.03 bits per heavy atom. The molecule has 1 fully saturated rings. The number of ether oxygens (including phenoxy) is 4. The molecule has 1 unspecified atom stereocenters. The second kappa shape index (κ2) is 10.8. The van der Waals surface area contributed by atoms with Crippen LogP contribution in [0.25, 0.3) is 0 Å². The predicted octanol–water partition coefficient (Wildman–Crippen LogP) is 4.09. The van der Waals surface area contributed by atoms with Gasteiger partial charge in [0.25, 0.3) is 0 Å². The van der Waals surface area contributed by atoms with Gasteiger partial charge in [0.15, 0.2) is 0 Å². The summed E-state index contributed by atoms with van der Waals surface area (Å²) in [6.07, 6.45) is -1.45. The summed E-state index contributed by atoms with van der Waals surface area (Å²) >= 11 is 0. The van der Waals surface area contributed by atoms with E-state index in [9.17, 15) is 18.0 Å². The smallest absolute Gasteiger partial charge is 0.487 e. The van der Waals surface area contributed by atoms with Crippen molar-refractivity contribution in [3.05, 3.63) is 53.9 Å². The first-order valence-electron chi connectivity index (χ1n) is 9.72. The van der Waals surface area contributed by atoms with E-state index in [1.807, 2.05) is 0 Å². The summed E-state index contributed by atoms with van der Waals surface area (Å²) in [5, 5.41) is 4.08. The molecule has 1 atom stereocenters. The van der Waals surface area contributed by atoms with E-state index in [1.165, 1.54) is 37.6 Å². The van der Waals surface area contributed by atoms with Gasteiger partial charge in [0, 0.05) is 18.7 Å². The standard InChI is InChI=1S/C21H21F3N2O6/c1-28-20(27)14-8-9-25-17(11-14)18(26-32-19-7-2-3-10-29-19)13-30-15-5-4-6-16(12-15)31-21(22,23)24/h4-6,8-9,11-12,19H,2-3,7,10,13H2,1H3/b26-18+. The molecule has 0 spiro atoms. The minimum atomic E-state index is -4.82. The van der Waals surface area contributed by atoms with Gasteiger partial charge in [-0.25, -0.2) is 4.79 Å². The largest absolute Gasteiger partial charge is 0.573 e. The number of hydrogen-bond acceptors (Lipinski definition) is 8. The highest BCUT2D eigenvalue weighted by Gasteiger charge is 2.31. The van der Waals surface area contributed by atoms with Crippen LogP contribution in [0.15, 0.2) is 47.8 Å². The van der Waals surface area contributed by atoms with Gasteiger partial charge in [0.2, 0.25) is 6.29 Å². The third-order valence-electron chi connectivity index (χ3n) is 4.31. The lowest BCUT2D eigenvalue weighted by molar-refractivity contribution is -0.274. The average Bonchev–Trinajstić information content (AvgIpc) is 2.78. The molecular weight excluding hydrogens is 433 g/mol. The number of carbonyl (C=O) groups is 1. The van der Waals surface area contributed by atoms with Gasteiger partial charge in [-0.05, 0) is 37.1 Å². The average molecular weight is 454 g/mol. The van der Waals surface area contributed by atoms with Gasteiger partial charge >= 0.3 is 12.3 Å². The molecule has 0 radical (unpaired) electrons. The summed E-state index contributed by atoms with van der Waals surface area (Å²) in [4.78, 5) is 21.5. The molecule has 3 rings (SSSR count). The summed E-state index contributed by atoms with van der Waals surface area (Å²) in [7, 11) is 1.25. The number of halogens is 3. The van der Waals surface area contributed by atoms with Crippen molar-refractivity contribution < 1.29 is 41.8 Å². The molecule has 2 heterocycles. The number of carbonyl (C=O) groups excluding carboxylic acids is 1. The SMILES string of the molecule is COC(=O)c1ccnc(/C(COc2cccc(OC(F)(F)F)c2)=N/OC2CCCCO2)c1. The fraction of sp³-hybridized carbons (Fsp3) is 0.381. The lowest BCUT2D eigenvalue weighted by Gasteiger charge is -2.20. The van der Waals surface area contributed by atoms with Crippen LogP contribution < -0.4 is 9.47 Å². The zero-order valence-electron chi connectivity index (χ0n) is 17.1. The third kappa shape index (κ3) is 7.12. The van der Waals surface area contributed by atoms with Crippen LogP contribution in [0, 0.1) is 0 Å². The molecule has 0 N–H and O–H groups in total. The number of oxime groups is 1. The fourth-order valence-corrected chi connectivity index (χ4v) is 2.81. The fourth-order valence-electron chi connectivity index (χ4n) is 2.81. The molecule has 32 heavy (non-hydrogen) atoms. The van der Waals surface area contributed by atoms with Crippen molar-refractivity contribution in [3.63, 3.8) is 0 Å². The molecule has 1 aromatic heterocycles. The Labute approximate surface area is 181 Å². The number of benzene rings is 1. The van der Waals surface area contributed by atoms with Crippen LogP contribution in [0.1, 0.15) is 35.3 Å². The second-order valence-electron chi connectivity index (χ2n) is 6.67. The Bertz CT molecular complexity index is 945. The summed E-state index contributed by atoms with van der Waals surface area (Å²) in [6, 6.07) is 7.98. The van der Waals surface area contributed by atoms with Crippen LogP contribution in [0.5, 0.6) is 11.5 Å². The van der Waals surface area contributed by atoms with Crippen molar-refractivity contribution in [3.8, 4) is 11.5 Å². The molecule has 1 aromatic carbocycles. The molecule has 172 valence electrons. The summed E-state index contributed by atoms with van der Waals surface area (Å²) in [5.41, 5.74) is 0.707. The molecule has 0 saturated carbocycles. The van der Waals surface area contributed by atoms with Gasteiger partial charge < -0.3 is 23.8 Å². The molecule has 1 saturated heterocycles. The van der Waals surface area contributed by atoms with E-state index in [0.717, 1.165) is 25.0 Å². The van der Waals surface area contributed by atoms with Crippen molar-refractivity contribution in [1.82, 2.24) is 4.98 Å². The van der Waals surface area contributed by atoms with E-state index in [2.05, 4.69) is 14.9 Å². The van der Waals surface area contributed by atoms with E-state index in [4.69, 9.17) is 19.0 Å². The zero-order valence-corrected chi connectivity index (χ0v) is 17.1. The van der Waals surface area contributed by atoms with Crippen LogP contribution >= 0.6 is 0 Å². The Morgan fingerprint density at radius 3 is 2.75 bits per heavy atom. The highest BCUT2D eigenvalue weighted by Crippen LogP contribution is 2.26. The molecule has 2 aromatic rings. The molecule has 1 aliphatic heterocycles. The summed E-state index contributed by atoms with van der Waals surface area (Å²) < 4.78 is 57.1. The lowest BCUT2D eigenvalue weighted by Crippen LogP contribution is -2.22. The number of alkyl halides is 3. The molecule has 1 aliphatic rings. The van der Waals surface area contributed by atoms with Gasteiger partial charge in [-0.3, -0.25) is 4.98 Å². The maximum absolute atomic E-state index is 12.5. The molecule has 11 heteroatoms. The number of methoxy groups -OCH3 is 1.